The number of hydrogen-bond acceptors (Lipinski definition) is 3. The minimum atomic E-state index is 0.456. The monoisotopic (exact) mass is 247 g/mol. The Balaban J connectivity index is 2.04. The van der Waals surface area contributed by atoms with Crippen LogP contribution in [0.15, 0.2) is 12.4 Å². The number of anilines is 1. The first-order valence-electron chi connectivity index (χ1n) is 7.20. The molecule has 3 heteroatoms. The summed E-state index contributed by atoms with van der Waals surface area (Å²) >= 11 is 0. The van der Waals surface area contributed by atoms with Crippen molar-refractivity contribution in [2.75, 3.05) is 5.32 Å². The largest absolute Gasteiger partial charge is 0.367 e. The summed E-state index contributed by atoms with van der Waals surface area (Å²) in [5.74, 6) is 3.06. The van der Waals surface area contributed by atoms with E-state index in [1.54, 1.807) is 6.33 Å². The van der Waals surface area contributed by atoms with E-state index in [1.165, 1.54) is 19.3 Å². The van der Waals surface area contributed by atoms with Gasteiger partial charge in [0.2, 0.25) is 0 Å². The van der Waals surface area contributed by atoms with E-state index >= 15 is 0 Å². The van der Waals surface area contributed by atoms with Crippen LogP contribution in [0.1, 0.15) is 58.6 Å². The Morgan fingerprint density at radius 2 is 2.11 bits per heavy atom. The molecule has 1 saturated carbocycles. The van der Waals surface area contributed by atoms with Crippen LogP contribution in [-0.4, -0.2) is 16.0 Å². The summed E-state index contributed by atoms with van der Waals surface area (Å²) < 4.78 is 0. The second-order valence-corrected chi connectivity index (χ2v) is 5.84. The van der Waals surface area contributed by atoms with Crippen molar-refractivity contribution in [3.8, 4) is 0 Å². The van der Waals surface area contributed by atoms with E-state index in [4.69, 9.17) is 0 Å². The quantitative estimate of drug-likeness (QED) is 0.878. The first-order chi connectivity index (χ1) is 8.61. The van der Waals surface area contributed by atoms with E-state index in [0.29, 0.717) is 12.0 Å². The van der Waals surface area contributed by atoms with E-state index in [0.717, 1.165) is 23.3 Å². The molecule has 1 aliphatic carbocycles. The maximum absolute atomic E-state index is 4.35. The molecule has 0 aromatic carbocycles. The zero-order chi connectivity index (χ0) is 13.1. The first-order valence-corrected chi connectivity index (χ1v) is 7.20. The minimum absolute atomic E-state index is 0.456. The summed E-state index contributed by atoms with van der Waals surface area (Å²) in [5.41, 5.74) is 1.12. The van der Waals surface area contributed by atoms with Gasteiger partial charge in [-0.2, -0.15) is 0 Å². The number of nitrogens with one attached hydrogen (secondary N) is 1. The van der Waals surface area contributed by atoms with Gasteiger partial charge in [-0.1, -0.05) is 34.1 Å². The summed E-state index contributed by atoms with van der Waals surface area (Å²) in [6, 6.07) is 2.67. The number of rotatable bonds is 4. The maximum atomic E-state index is 4.35. The summed E-state index contributed by atoms with van der Waals surface area (Å²) in [4.78, 5) is 8.66. The standard InChI is InChI=1S/C15H25N3/c1-5-12-6-7-13(11(12)4)18-15-8-14(10(2)3)16-9-17-15/h8-13H,5-7H2,1-4H3,(H,16,17,18). The Morgan fingerprint density at radius 1 is 1.33 bits per heavy atom. The van der Waals surface area contributed by atoms with Gasteiger partial charge in [0.05, 0.1) is 0 Å². The van der Waals surface area contributed by atoms with Gasteiger partial charge >= 0.3 is 0 Å². The second-order valence-electron chi connectivity index (χ2n) is 5.84. The van der Waals surface area contributed by atoms with Crippen LogP contribution in [0, 0.1) is 11.8 Å². The highest BCUT2D eigenvalue weighted by atomic mass is 15.0. The highest BCUT2D eigenvalue weighted by Crippen LogP contribution is 2.35. The Labute approximate surface area is 110 Å². The maximum Gasteiger partial charge on any atom is 0.129 e. The third-order valence-electron chi connectivity index (χ3n) is 4.36. The van der Waals surface area contributed by atoms with E-state index in [2.05, 4.69) is 49.0 Å². The van der Waals surface area contributed by atoms with E-state index in [1.807, 2.05) is 0 Å². The molecule has 100 valence electrons. The Hall–Kier alpha value is -1.12. The van der Waals surface area contributed by atoms with Crippen molar-refractivity contribution in [1.29, 1.82) is 0 Å². The lowest BCUT2D eigenvalue weighted by Gasteiger charge is -2.21. The van der Waals surface area contributed by atoms with Gasteiger partial charge in [0.15, 0.2) is 0 Å². The molecule has 1 fully saturated rings. The highest BCUT2D eigenvalue weighted by molar-refractivity contribution is 5.37. The van der Waals surface area contributed by atoms with Gasteiger partial charge in [-0.15, -0.1) is 0 Å². The normalized spacial score (nSPS) is 27.7. The van der Waals surface area contributed by atoms with Gasteiger partial charge in [0.25, 0.3) is 0 Å². The molecule has 1 N–H and O–H groups in total. The lowest BCUT2D eigenvalue weighted by atomic mass is 9.93. The molecule has 1 aromatic rings. The zero-order valence-electron chi connectivity index (χ0n) is 12.0. The molecular formula is C15H25N3. The summed E-state index contributed by atoms with van der Waals surface area (Å²) in [5, 5.41) is 3.60. The molecule has 1 aliphatic rings. The Kier molecular flexibility index (Phi) is 4.20. The molecule has 3 unspecified atom stereocenters. The van der Waals surface area contributed by atoms with Crippen molar-refractivity contribution in [3.63, 3.8) is 0 Å². The smallest absolute Gasteiger partial charge is 0.129 e. The number of aromatic nitrogens is 2. The van der Waals surface area contributed by atoms with Gasteiger partial charge in [-0.05, 0) is 30.6 Å². The molecule has 0 amide bonds. The van der Waals surface area contributed by atoms with Crippen molar-refractivity contribution < 1.29 is 0 Å². The summed E-state index contributed by atoms with van der Waals surface area (Å²) in [6.45, 7) is 8.99. The number of nitrogens with zero attached hydrogens (tertiary/aromatic N) is 2. The molecule has 1 heterocycles. The van der Waals surface area contributed by atoms with Crippen LogP contribution < -0.4 is 5.32 Å². The zero-order valence-corrected chi connectivity index (χ0v) is 12.0. The van der Waals surface area contributed by atoms with Crippen LogP contribution in [0.4, 0.5) is 5.82 Å². The molecule has 3 atom stereocenters. The van der Waals surface area contributed by atoms with Crippen LogP contribution in [0.25, 0.3) is 0 Å². The molecule has 1 aromatic heterocycles. The van der Waals surface area contributed by atoms with Gasteiger partial charge in [-0.25, -0.2) is 9.97 Å². The fraction of sp³-hybridized carbons (Fsp3) is 0.733. The lowest BCUT2D eigenvalue weighted by Crippen LogP contribution is -2.25. The molecular weight excluding hydrogens is 222 g/mol. The molecule has 0 aliphatic heterocycles. The van der Waals surface area contributed by atoms with Crippen molar-refractivity contribution in [2.24, 2.45) is 11.8 Å². The highest BCUT2D eigenvalue weighted by Gasteiger charge is 2.31. The van der Waals surface area contributed by atoms with Crippen molar-refractivity contribution in [1.82, 2.24) is 9.97 Å². The topological polar surface area (TPSA) is 37.8 Å². The first kappa shape index (κ1) is 13.3. The fourth-order valence-electron chi connectivity index (χ4n) is 2.98. The minimum Gasteiger partial charge on any atom is -0.367 e. The lowest BCUT2D eigenvalue weighted by molar-refractivity contribution is 0.391. The summed E-state index contributed by atoms with van der Waals surface area (Å²) in [7, 11) is 0. The Morgan fingerprint density at radius 3 is 2.72 bits per heavy atom. The average molecular weight is 247 g/mol. The van der Waals surface area contributed by atoms with Crippen LogP contribution in [0.5, 0.6) is 0 Å². The van der Waals surface area contributed by atoms with E-state index in [9.17, 15) is 0 Å². The molecule has 0 radical (unpaired) electrons. The van der Waals surface area contributed by atoms with Gasteiger partial charge < -0.3 is 5.32 Å². The predicted octanol–water partition coefficient (Wildman–Crippen LogP) is 3.84. The van der Waals surface area contributed by atoms with Gasteiger partial charge in [-0.3, -0.25) is 0 Å². The predicted molar refractivity (Wildman–Crippen MR) is 75.7 cm³/mol. The van der Waals surface area contributed by atoms with Gasteiger partial charge in [0.1, 0.15) is 12.1 Å². The van der Waals surface area contributed by atoms with Crippen molar-refractivity contribution in [3.05, 3.63) is 18.1 Å². The van der Waals surface area contributed by atoms with Crippen molar-refractivity contribution in [2.45, 2.75) is 58.9 Å². The Bertz CT molecular complexity index is 389. The van der Waals surface area contributed by atoms with Crippen LogP contribution in [0.2, 0.25) is 0 Å². The molecule has 18 heavy (non-hydrogen) atoms. The average Bonchev–Trinajstić information content (AvgIpc) is 2.71. The third kappa shape index (κ3) is 2.82. The van der Waals surface area contributed by atoms with E-state index < -0.39 is 0 Å². The molecule has 3 nitrogen and oxygen atoms in total. The molecule has 0 saturated heterocycles. The molecule has 0 spiro atoms. The van der Waals surface area contributed by atoms with Crippen LogP contribution in [0.3, 0.4) is 0 Å². The third-order valence-corrected chi connectivity index (χ3v) is 4.36. The molecule has 2 rings (SSSR count). The van der Waals surface area contributed by atoms with E-state index in [-0.39, 0.29) is 0 Å². The fourth-order valence-corrected chi connectivity index (χ4v) is 2.98. The van der Waals surface area contributed by atoms with Crippen molar-refractivity contribution >= 4 is 5.82 Å². The molecule has 0 bridgehead atoms. The second kappa shape index (κ2) is 5.68. The van der Waals surface area contributed by atoms with Crippen LogP contribution in [-0.2, 0) is 0 Å². The number of hydrogen-bond donors (Lipinski definition) is 1. The SMILES string of the molecule is CCC1CCC(Nc2cc(C(C)C)ncn2)C1C. The van der Waals surface area contributed by atoms with Gasteiger partial charge in [0, 0.05) is 17.8 Å². The van der Waals surface area contributed by atoms with Crippen LogP contribution >= 0.6 is 0 Å². The summed E-state index contributed by atoms with van der Waals surface area (Å²) in [6.07, 6.45) is 5.58.